The first-order valence-electron chi connectivity index (χ1n) is 6.51. The van der Waals surface area contributed by atoms with E-state index in [1.54, 1.807) is 0 Å². The third kappa shape index (κ3) is 4.14. The van der Waals surface area contributed by atoms with Crippen molar-refractivity contribution < 1.29 is 4.52 Å². The first kappa shape index (κ1) is 14.2. The summed E-state index contributed by atoms with van der Waals surface area (Å²) in [5.74, 6) is 1.22. The number of aromatic nitrogens is 2. The van der Waals surface area contributed by atoms with E-state index in [2.05, 4.69) is 33.0 Å². The van der Waals surface area contributed by atoms with Gasteiger partial charge in [0.2, 0.25) is 5.89 Å². The molecule has 1 unspecified atom stereocenters. The lowest BCUT2D eigenvalue weighted by Gasteiger charge is -2.03. The van der Waals surface area contributed by atoms with Gasteiger partial charge >= 0.3 is 0 Å². The van der Waals surface area contributed by atoms with Gasteiger partial charge < -0.3 is 10.3 Å². The van der Waals surface area contributed by atoms with Crippen LogP contribution in [0.5, 0.6) is 0 Å². The van der Waals surface area contributed by atoms with Crippen molar-refractivity contribution in [2.45, 2.75) is 38.6 Å². The molecule has 1 atom stereocenters. The molecule has 2 aromatic rings. The van der Waals surface area contributed by atoms with Gasteiger partial charge in [-0.15, -0.1) is 0 Å². The Balaban J connectivity index is 2.01. The van der Waals surface area contributed by atoms with Crippen LogP contribution in [0, 0.1) is 0 Å². The maximum absolute atomic E-state index is 6.01. The molecule has 0 aliphatic rings. The molecule has 1 aromatic heterocycles. The summed E-state index contributed by atoms with van der Waals surface area (Å²) in [6.07, 6.45) is 3.73. The zero-order chi connectivity index (χ0) is 13.7. The maximum atomic E-state index is 6.01. The highest BCUT2D eigenvalue weighted by Gasteiger charge is 2.14. The van der Waals surface area contributed by atoms with Crippen molar-refractivity contribution in [2.75, 3.05) is 0 Å². The van der Waals surface area contributed by atoms with E-state index in [9.17, 15) is 0 Å². The molecule has 2 rings (SSSR count). The molecular formula is C14H18BrN3O. The predicted octanol–water partition coefficient (Wildman–Crippen LogP) is 3.61. The smallest absolute Gasteiger partial charge is 0.243 e. The largest absolute Gasteiger partial charge is 0.338 e. The topological polar surface area (TPSA) is 64.9 Å². The standard InChI is InChI=1S/C14H18BrN3O/c1-2-3-7-12(16)14-17-13(18-19-14)9-10-5-4-6-11(15)8-10/h4-6,8,12H,2-3,7,9,16H2,1H3. The van der Waals surface area contributed by atoms with Crippen molar-refractivity contribution in [3.63, 3.8) is 0 Å². The van der Waals surface area contributed by atoms with Crippen molar-refractivity contribution in [3.8, 4) is 0 Å². The maximum Gasteiger partial charge on any atom is 0.243 e. The second-order valence-electron chi connectivity index (χ2n) is 4.60. The van der Waals surface area contributed by atoms with E-state index in [0.29, 0.717) is 18.1 Å². The van der Waals surface area contributed by atoms with Crippen LogP contribution in [0.1, 0.15) is 49.5 Å². The van der Waals surface area contributed by atoms with Crippen LogP contribution < -0.4 is 5.73 Å². The highest BCUT2D eigenvalue weighted by molar-refractivity contribution is 9.10. The van der Waals surface area contributed by atoms with Crippen LogP contribution >= 0.6 is 15.9 Å². The van der Waals surface area contributed by atoms with Crippen molar-refractivity contribution >= 4 is 15.9 Å². The van der Waals surface area contributed by atoms with Gasteiger partial charge in [-0.3, -0.25) is 0 Å². The van der Waals surface area contributed by atoms with Gasteiger partial charge in [-0.2, -0.15) is 4.98 Å². The molecule has 0 saturated carbocycles. The number of nitrogens with zero attached hydrogens (tertiary/aromatic N) is 2. The van der Waals surface area contributed by atoms with Crippen LogP contribution in [0.3, 0.4) is 0 Å². The fraction of sp³-hybridized carbons (Fsp3) is 0.429. The second-order valence-corrected chi connectivity index (χ2v) is 5.52. The van der Waals surface area contributed by atoms with Gasteiger partial charge in [-0.1, -0.05) is 53.0 Å². The summed E-state index contributed by atoms with van der Waals surface area (Å²) in [6, 6.07) is 7.92. The summed E-state index contributed by atoms with van der Waals surface area (Å²) in [4.78, 5) is 4.37. The summed E-state index contributed by atoms with van der Waals surface area (Å²) in [6.45, 7) is 2.14. The molecule has 0 saturated heterocycles. The number of hydrogen-bond acceptors (Lipinski definition) is 4. The fourth-order valence-electron chi connectivity index (χ4n) is 1.87. The van der Waals surface area contributed by atoms with Crippen molar-refractivity contribution in [3.05, 3.63) is 46.0 Å². The summed E-state index contributed by atoms with van der Waals surface area (Å²) >= 11 is 3.45. The molecule has 5 heteroatoms. The number of rotatable bonds is 6. The van der Waals surface area contributed by atoms with E-state index in [1.807, 2.05) is 24.3 Å². The Bertz CT molecular complexity index is 527. The quantitative estimate of drug-likeness (QED) is 0.881. The van der Waals surface area contributed by atoms with E-state index >= 15 is 0 Å². The zero-order valence-electron chi connectivity index (χ0n) is 11.0. The molecule has 1 aromatic carbocycles. The van der Waals surface area contributed by atoms with Gasteiger partial charge in [0.1, 0.15) is 0 Å². The molecule has 0 aliphatic heterocycles. The number of benzene rings is 1. The summed E-state index contributed by atoms with van der Waals surface area (Å²) in [5, 5.41) is 3.99. The van der Waals surface area contributed by atoms with Gasteiger partial charge in [0, 0.05) is 10.9 Å². The van der Waals surface area contributed by atoms with Crippen LogP contribution in [0.4, 0.5) is 0 Å². The van der Waals surface area contributed by atoms with Crippen LogP contribution in [0.25, 0.3) is 0 Å². The molecule has 0 fully saturated rings. The van der Waals surface area contributed by atoms with Crippen molar-refractivity contribution in [1.29, 1.82) is 0 Å². The lowest BCUT2D eigenvalue weighted by molar-refractivity contribution is 0.343. The van der Waals surface area contributed by atoms with E-state index in [-0.39, 0.29) is 6.04 Å². The average Bonchev–Trinajstić information content (AvgIpc) is 2.84. The molecule has 1 heterocycles. The molecule has 0 amide bonds. The Morgan fingerprint density at radius 3 is 3.00 bits per heavy atom. The van der Waals surface area contributed by atoms with E-state index in [1.165, 1.54) is 0 Å². The van der Waals surface area contributed by atoms with Gasteiger partial charge in [0.05, 0.1) is 6.04 Å². The Hall–Kier alpha value is -1.20. The van der Waals surface area contributed by atoms with Gasteiger partial charge in [0.25, 0.3) is 0 Å². The van der Waals surface area contributed by atoms with E-state index in [4.69, 9.17) is 10.3 Å². The minimum atomic E-state index is -0.149. The Morgan fingerprint density at radius 1 is 1.42 bits per heavy atom. The third-order valence-corrected chi connectivity index (χ3v) is 3.41. The fourth-order valence-corrected chi connectivity index (χ4v) is 2.31. The first-order chi connectivity index (χ1) is 9.19. The van der Waals surface area contributed by atoms with E-state index in [0.717, 1.165) is 29.3 Å². The number of nitrogens with two attached hydrogens (primary N) is 1. The Kier molecular flexibility index (Phi) is 5.10. The van der Waals surface area contributed by atoms with Crippen molar-refractivity contribution in [1.82, 2.24) is 10.1 Å². The Labute approximate surface area is 121 Å². The third-order valence-electron chi connectivity index (χ3n) is 2.92. The summed E-state index contributed by atoms with van der Waals surface area (Å²) < 4.78 is 6.28. The second kappa shape index (κ2) is 6.82. The lowest BCUT2D eigenvalue weighted by Crippen LogP contribution is -2.10. The lowest BCUT2D eigenvalue weighted by atomic mass is 10.1. The van der Waals surface area contributed by atoms with Crippen LogP contribution in [0.15, 0.2) is 33.3 Å². The molecule has 4 nitrogen and oxygen atoms in total. The monoisotopic (exact) mass is 323 g/mol. The minimum Gasteiger partial charge on any atom is -0.338 e. The van der Waals surface area contributed by atoms with Gasteiger partial charge in [-0.25, -0.2) is 0 Å². The highest BCUT2D eigenvalue weighted by Crippen LogP contribution is 2.17. The molecule has 0 radical (unpaired) electrons. The van der Waals surface area contributed by atoms with Crippen molar-refractivity contribution in [2.24, 2.45) is 5.73 Å². The van der Waals surface area contributed by atoms with Crippen LogP contribution in [0.2, 0.25) is 0 Å². The minimum absolute atomic E-state index is 0.149. The summed E-state index contributed by atoms with van der Waals surface area (Å²) in [7, 11) is 0. The molecule has 19 heavy (non-hydrogen) atoms. The number of hydrogen-bond donors (Lipinski definition) is 1. The normalized spacial score (nSPS) is 12.6. The molecule has 0 spiro atoms. The molecule has 102 valence electrons. The molecule has 0 aliphatic carbocycles. The van der Waals surface area contributed by atoms with Crippen LogP contribution in [-0.4, -0.2) is 10.1 Å². The summed E-state index contributed by atoms with van der Waals surface area (Å²) in [5.41, 5.74) is 7.15. The molecule has 2 N–H and O–H groups in total. The van der Waals surface area contributed by atoms with Gasteiger partial charge in [0.15, 0.2) is 5.82 Å². The zero-order valence-corrected chi connectivity index (χ0v) is 12.6. The average molecular weight is 324 g/mol. The highest BCUT2D eigenvalue weighted by atomic mass is 79.9. The van der Waals surface area contributed by atoms with E-state index < -0.39 is 0 Å². The Morgan fingerprint density at radius 2 is 2.26 bits per heavy atom. The molecular weight excluding hydrogens is 306 g/mol. The van der Waals surface area contributed by atoms with Crippen LogP contribution in [-0.2, 0) is 6.42 Å². The first-order valence-corrected chi connectivity index (χ1v) is 7.31. The van der Waals surface area contributed by atoms with Gasteiger partial charge in [-0.05, 0) is 24.1 Å². The molecule has 0 bridgehead atoms. The predicted molar refractivity (Wildman–Crippen MR) is 77.7 cm³/mol. The SMILES string of the molecule is CCCCC(N)c1nc(Cc2cccc(Br)c2)no1. The number of unbranched alkanes of at least 4 members (excludes halogenated alkanes) is 1. The number of halogens is 1.